The zero-order valence-electron chi connectivity index (χ0n) is 18.5. The van der Waals surface area contributed by atoms with Crippen molar-refractivity contribution in [1.29, 1.82) is 0 Å². The van der Waals surface area contributed by atoms with Crippen LogP contribution in [-0.4, -0.2) is 27.8 Å². The lowest BCUT2D eigenvalue weighted by atomic mass is 10.2. The number of benzene rings is 3. The maximum absolute atomic E-state index is 12.9. The van der Waals surface area contributed by atoms with E-state index < -0.39 is 6.04 Å². The summed E-state index contributed by atoms with van der Waals surface area (Å²) in [6.07, 6.45) is 0. The molecule has 0 radical (unpaired) electrons. The van der Waals surface area contributed by atoms with Gasteiger partial charge in [0.15, 0.2) is 11.0 Å². The third kappa shape index (κ3) is 5.55. The van der Waals surface area contributed by atoms with Crippen molar-refractivity contribution in [2.45, 2.75) is 23.9 Å². The van der Waals surface area contributed by atoms with Crippen LogP contribution in [0.1, 0.15) is 34.7 Å². The van der Waals surface area contributed by atoms with Crippen LogP contribution in [0.15, 0.2) is 78.0 Å². The molecule has 1 atom stereocenters. The number of thioether (sulfide) groups is 1. The van der Waals surface area contributed by atoms with Crippen molar-refractivity contribution in [3.05, 3.63) is 99.8 Å². The maximum atomic E-state index is 12.9. The van der Waals surface area contributed by atoms with E-state index in [0.717, 1.165) is 5.56 Å². The average Bonchev–Trinajstić information content (AvgIpc) is 3.28. The summed E-state index contributed by atoms with van der Waals surface area (Å²) in [7, 11) is 1.58. The Morgan fingerprint density at radius 1 is 1.06 bits per heavy atom. The summed E-state index contributed by atoms with van der Waals surface area (Å²) in [6.45, 7) is 1.85. The van der Waals surface area contributed by atoms with Crippen LogP contribution in [-0.2, 0) is 5.75 Å². The van der Waals surface area contributed by atoms with Gasteiger partial charge in [0.2, 0.25) is 0 Å². The molecule has 0 aliphatic carbocycles. The van der Waals surface area contributed by atoms with Crippen molar-refractivity contribution in [2.75, 3.05) is 7.11 Å². The van der Waals surface area contributed by atoms with E-state index in [-0.39, 0.29) is 5.91 Å². The first-order valence-electron chi connectivity index (χ1n) is 10.5. The minimum absolute atomic E-state index is 0.236. The summed E-state index contributed by atoms with van der Waals surface area (Å²) in [5.41, 5.74) is 2.31. The van der Waals surface area contributed by atoms with Gasteiger partial charge >= 0.3 is 0 Å². The second kappa shape index (κ2) is 11.0. The summed E-state index contributed by atoms with van der Waals surface area (Å²) in [5.74, 6) is 1.69. The lowest BCUT2D eigenvalue weighted by Gasteiger charge is -2.17. The molecule has 4 rings (SSSR count). The number of nitrogens with one attached hydrogen (secondary N) is 1. The molecular formula is C25H22Cl2N4O2S. The first-order valence-corrected chi connectivity index (χ1v) is 12.2. The number of amides is 1. The highest BCUT2D eigenvalue weighted by molar-refractivity contribution is 7.98. The lowest BCUT2D eigenvalue weighted by molar-refractivity contribution is 0.0938. The molecule has 34 heavy (non-hydrogen) atoms. The van der Waals surface area contributed by atoms with Crippen molar-refractivity contribution in [2.24, 2.45) is 0 Å². The smallest absolute Gasteiger partial charge is 0.251 e. The highest BCUT2D eigenvalue weighted by atomic mass is 35.5. The van der Waals surface area contributed by atoms with Crippen LogP contribution in [0, 0.1) is 0 Å². The Morgan fingerprint density at radius 3 is 2.50 bits per heavy atom. The van der Waals surface area contributed by atoms with Crippen molar-refractivity contribution < 1.29 is 9.53 Å². The molecule has 1 heterocycles. The summed E-state index contributed by atoms with van der Waals surface area (Å²) in [5, 5.41) is 13.5. The molecule has 0 saturated carbocycles. The molecule has 0 aliphatic heterocycles. The summed E-state index contributed by atoms with van der Waals surface area (Å²) >= 11 is 14.3. The molecule has 1 unspecified atom stereocenters. The molecule has 1 N–H and O–H groups in total. The van der Waals surface area contributed by atoms with Crippen LogP contribution in [0.5, 0.6) is 5.75 Å². The molecule has 0 aliphatic rings. The van der Waals surface area contributed by atoms with E-state index in [1.807, 2.05) is 29.7 Å². The fraction of sp³-hybridized carbons (Fsp3) is 0.160. The van der Waals surface area contributed by atoms with Gasteiger partial charge in [0.25, 0.3) is 5.91 Å². The molecule has 6 nitrogen and oxygen atoms in total. The molecule has 0 bridgehead atoms. The van der Waals surface area contributed by atoms with Gasteiger partial charge in [-0.1, -0.05) is 65.3 Å². The number of halogens is 2. The number of hydrogen-bond donors (Lipinski definition) is 1. The highest BCUT2D eigenvalue weighted by Gasteiger charge is 2.23. The zero-order chi connectivity index (χ0) is 24.1. The number of nitrogens with zero attached hydrogens (tertiary/aromatic N) is 3. The van der Waals surface area contributed by atoms with Crippen molar-refractivity contribution in [3.63, 3.8) is 0 Å². The Labute approximate surface area is 212 Å². The van der Waals surface area contributed by atoms with E-state index in [2.05, 4.69) is 27.6 Å². The van der Waals surface area contributed by atoms with Gasteiger partial charge < -0.3 is 10.1 Å². The molecule has 1 aromatic heterocycles. The Bertz CT molecular complexity index is 1280. The van der Waals surface area contributed by atoms with Crippen LogP contribution in [0.2, 0.25) is 10.0 Å². The topological polar surface area (TPSA) is 69.0 Å². The molecule has 1 amide bonds. The van der Waals surface area contributed by atoms with E-state index in [1.165, 1.54) is 11.8 Å². The van der Waals surface area contributed by atoms with Crippen molar-refractivity contribution in [3.8, 4) is 11.4 Å². The zero-order valence-corrected chi connectivity index (χ0v) is 20.9. The molecular weight excluding hydrogens is 491 g/mol. The fourth-order valence-corrected chi connectivity index (χ4v) is 4.62. The third-order valence-corrected chi connectivity index (χ3v) is 6.66. The van der Waals surface area contributed by atoms with Crippen molar-refractivity contribution >= 4 is 40.9 Å². The summed E-state index contributed by atoms with van der Waals surface area (Å²) in [4.78, 5) is 12.9. The molecule has 0 fully saturated rings. The van der Waals surface area contributed by atoms with Crippen LogP contribution >= 0.6 is 35.0 Å². The maximum Gasteiger partial charge on any atom is 0.251 e. The molecule has 174 valence electrons. The van der Waals surface area contributed by atoms with E-state index in [0.29, 0.717) is 43.8 Å². The standard InChI is InChI=1S/C25H22Cl2N4O2S/c1-16(28-24(32)18-8-11-20(33-2)12-9-18)23-29-30-25(34-15-17-6-4-3-5-7-17)31(23)22-14-19(26)10-13-21(22)27/h3-14,16H,15H2,1-2H3,(H,28,32). The second-order valence-corrected chi connectivity index (χ2v) is 9.26. The van der Waals surface area contributed by atoms with Gasteiger partial charge in [0.1, 0.15) is 5.75 Å². The molecule has 0 saturated heterocycles. The first kappa shape index (κ1) is 24.1. The number of ether oxygens (including phenoxy) is 1. The largest absolute Gasteiger partial charge is 0.497 e. The number of rotatable bonds is 8. The number of hydrogen-bond acceptors (Lipinski definition) is 5. The molecule has 3 aromatic carbocycles. The predicted octanol–water partition coefficient (Wildman–Crippen LogP) is 6.37. The SMILES string of the molecule is COc1ccc(C(=O)NC(C)c2nnc(SCc3ccccc3)n2-c2cc(Cl)ccc2Cl)cc1. The van der Waals surface area contributed by atoms with Gasteiger partial charge in [-0.3, -0.25) is 9.36 Å². The number of carbonyl (C=O) groups is 1. The first-order chi connectivity index (χ1) is 16.5. The highest BCUT2D eigenvalue weighted by Crippen LogP contribution is 2.32. The Kier molecular flexibility index (Phi) is 7.77. The van der Waals surface area contributed by atoms with Gasteiger partial charge in [-0.15, -0.1) is 10.2 Å². The molecule has 9 heteroatoms. The number of methoxy groups -OCH3 is 1. The quantitative estimate of drug-likeness (QED) is 0.278. The lowest BCUT2D eigenvalue weighted by Crippen LogP contribution is -2.28. The molecule has 0 spiro atoms. The third-order valence-electron chi connectivity index (χ3n) is 5.11. The predicted molar refractivity (Wildman–Crippen MR) is 136 cm³/mol. The summed E-state index contributed by atoms with van der Waals surface area (Å²) < 4.78 is 7.01. The number of aromatic nitrogens is 3. The van der Waals surface area contributed by atoms with Gasteiger partial charge in [0.05, 0.1) is 23.9 Å². The van der Waals surface area contributed by atoms with E-state index in [9.17, 15) is 4.79 Å². The van der Waals surface area contributed by atoms with Gasteiger partial charge in [0, 0.05) is 16.3 Å². The number of carbonyl (C=O) groups excluding carboxylic acids is 1. The monoisotopic (exact) mass is 512 g/mol. The van der Waals surface area contributed by atoms with Crippen LogP contribution in [0.3, 0.4) is 0 Å². The Balaban J connectivity index is 1.64. The van der Waals surface area contributed by atoms with E-state index in [4.69, 9.17) is 27.9 Å². The fourth-order valence-electron chi connectivity index (χ4n) is 3.35. The molecule has 4 aromatic rings. The van der Waals surface area contributed by atoms with Crippen LogP contribution < -0.4 is 10.1 Å². The summed E-state index contributed by atoms with van der Waals surface area (Å²) in [6, 6.07) is 21.8. The van der Waals surface area contributed by atoms with Gasteiger partial charge in [-0.2, -0.15) is 0 Å². The average molecular weight is 513 g/mol. The van der Waals surface area contributed by atoms with Crippen LogP contribution in [0.25, 0.3) is 5.69 Å². The minimum Gasteiger partial charge on any atom is -0.497 e. The normalized spacial score (nSPS) is 11.8. The minimum atomic E-state index is -0.455. The van der Waals surface area contributed by atoms with E-state index in [1.54, 1.807) is 49.6 Å². The Morgan fingerprint density at radius 2 is 1.79 bits per heavy atom. The Hall–Kier alpha value is -3.00. The van der Waals surface area contributed by atoms with E-state index >= 15 is 0 Å². The van der Waals surface area contributed by atoms with Crippen LogP contribution in [0.4, 0.5) is 0 Å². The van der Waals surface area contributed by atoms with Crippen molar-refractivity contribution in [1.82, 2.24) is 20.1 Å². The van der Waals surface area contributed by atoms with Gasteiger partial charge in [-0.05, 0) is 55.0 Å². The van der Waals surface area contributed by atoms with Gasteiger partial charge in [-0.25, -0.2) is 0 Å². The second-order valence-electron chi connectivity index (χ2n) is 7.47.